The van der Waals surface area contributed by atoms with Crippen LogP contribution in [0.4, 0.5) is 5.69 Å². The molecule has 3 aromatic carbocycles. The summed E-state index contributed by atoms with van der Waals surface area (Å²) in [5.74, 6) is 1.14. The number of anilines is 1. The second kappa shape index (κ2) is 12.4. The molecule has 6 nitrogen and oxygen atoms in total. The Morgan fingerprint density at radius 1 is 1.12 bits per heavy atom. The van der Waals surface area contributed by atoms with Crippen LogP contribution in [0.1, 0.15) is 18.1 Å². The van der Waals surface area contributed by atoms with E-state index in [9.17, 15) is 10.1 Å². The van der Waals surface area contributed by atoms with Gasteiger partial charge in [0.2, 0.25) is 0 Å². The third kappa shape index (κ3) is 6.98. The number of carbonyl (C=O) groups is 1. The Morgan fingerprint density at radius 3 is 2.56 bits per heavy atom. The van der Waals surface area contributed by atoms with Crippen LogP contribution >= 0.6 is 38.5 Å². The molecule has 0 aliphatic rings. The van der Waals surface area contributed by atoms with Crippen LogP contribution in [0.3, 0.4) is 0 Å². The van der Waals surface area contributed by atoms with Gasteiger partial charge in [-0.25, -0.2) is 0 Å². The fraction of sp³-hybridized carbons (Fsp3) is 0.154. The number of hydrogen-bond donors (Lipinski definition) is 1. The highest BCUT2D eigenvalue weighted by Gasteiger charge is 2.14. The minimum Gasteiger partial charge on any atom is -0.494 e. The van der Waals surface area contributed by atoms with Crippen molar-refractivity contribution < 1.29 is 19.0 Å². The van der Waals surface area contributed by atoms with E-state index in [2.05, 4.69) is 43.8 Å². The molecule has 0 saturated heterocycles. The maximum Gasteiger partial charge on any atom is 0.266 e. The van der Waals surface area contributed by atoms with E-state index >= 15 is 0 Å². The highest BCUT2D eigenvalue weighted by Crippen LogP contribution is 2.35. The lowest BCUT2D eigenvalue weighted by Gasteiger charge is -2.13. The van der Waals surface area contributed by atoms with Crippen LogP contribution in [0.2, 0.25) is 0 Å². The molecular weight excluding hydrogens is 611 g/mol. The number of nitrogens with one attached hydrogen (secondary N) is 1. The lowest BCUT2D eigenvalue weighted by molar-refractivity contribution is -0.112. The highest BCUT2D eigenvalue weighted by molar-refractivity contribution is 14.1. The predicted molar refractivity (Wildman–Crippen MR) is 144 cm³/mol. The van der Waals surface area contributed by atoms with E-state index in [1.54, 1.807) is 36.4 Å². The molecule has 0 atom stereocenters. The number of nitrogens with zero attached hydrogens (tertiary/aromatic N) is 1. The Kier molecular flexibility index (Phi) is 9.36. The number of methoxy groups -OCH3 is 1. The first kappa shape index (κ1) is 25.6. The molecule has 3 rings (SSSR count). The number of benzene rings is 3. The third-order valence-corrected chi connectivity index (χ3v) is 6.06. The number of halogens is 2. The maximum atomic E-state index is 12.7. The first-order valence-electron chi connectivity index (χ1n) is 10.3. The molecule has 0 fully saturated rings. The largest absolute Gasteiger partial charge is 0.494 e. The van der Waals surface area contributed by atoms with Crippen molar-refractivity contribution in [3.05, 3.63) is 85.4 Å². The second-order valence-electron chi connectivity index (χ2n) is 7.02. The van der Waals surface area contributed by atoms with Crippen LogP contribution in [0.5, 0.6) is 17.2 Å². The van der Waals surface area contributed by atoms with Crippen molar-refractivity contribution in [3.8, 4) is 23.3 Å². The molecular formula is C26H22BrIN2O4. The van der Waals surface area contributed by atoms with Crippen LogP contribution in [0.15, 0.2) is 70.7 Å². The summed E-state index contributed by atoms with van der Waals surface area (Å²) in [5.41, 5.74) is 2.11. The van der Waals surface area contributed by atoms with Crippen LogP contribution in [-0.4, -0.2) is 19.6 Å². The lowest BCUT2D eigenvalue weighted by atomic mass is 10.1. The quantitative estimate of drug-likeness (QED) is 0.164. The summed E-state index contributed by atoms with van der Waals surface area (Å²) < 4.78 is 18.7. The molecule has 0 saturated carbocycles. The molecule has 1 amide bonds. The lowest BCUT2D eigenvalue weighted by Crippen LogP contribution is -2.13. The van der Waals surface area contributed by atoms with Crippen LogP contribution in [0, 0.1) is 14.9 Å². The van der Waals surface area contributed by atoms with Crippen molar-refractivity contribution in [2.75, 3.05) is 19.0 Å². The van der Waals surface area contributed by atoms with Gasteiger partial charge in [-0.2, -0.15) is 5.26 Å². The molecule has 0 spiro atoms. The number of nitriles is 1. The third-order valence-electron chi connectivity index (χ3n) is 4.66. The zero-order chi connectivity index (χ0) is 24.5. The molecule has 0 bridgehead atoms. The van der Waals surface area contributed by atoms with Crippen LogP contribution in [0.25, 0.3) is 6.08 Å². The van der Waals surface area contributed by atoms with Gasteiger partial charge in [-0.15, -0.1) is 0 Å². The standard InChI is InChI=1S/C26H22BrIN2O4/c1-3-33-22-6-4-5-21(13-22)30-26(31)19(15-29)11-18-12-24(32-2)25(14-23(18)27)34-16-17-7-9-20(28)10-8-17/h4-14H,3,16H2,1-2H3,(H,30,31)/b19-11-. The fourth-order valence-corrected chi connectivity index (χ4v) is 3.80. The van der Waals surface area contributed by atoms with E-state index < -0.39 is 5.91 Å². The highest BCUT2D eigenvalue weighted by atomic mass is 127. The van der Waals surface area contributed by atoms with Gasteiger partial charge in [-0.05, 0) is 83.1 Å². The van der Waals surface area contributed by atoms with E-state index in [0.717, 1.165) is 9.13 Å². The number of ether oxygens (including phenoxy) is 3. The first-order chi connectivity index (χ1) is 16.4. The van der Waals surface area contributed by atoms with Crippen molar-refractivity contribution in [2.24, 2.45) is 0 Å². The summed E-state index contributed by atoms with van der Waals surface area (Å²) in [5, 5.41) is 12.3. The zero-order valence-electron chi connectivity index (χ0n) is 18.6. The van der Waals surface area contributed by atoms with Gasteiger partial charge in [0.25, 0.3) is 5.91 Å². The van der Waals surface area contributed by atoms with Gasteiger partial charge in [-0.3, -0.25) is 4.79 Å². The van der Waals surface area contributed by atoms with E-state index in [1.165, 1.54) is 13.2 Å². The van der Waals surface area contributed by atoms with Gasteiger partial charge in [0.15, 0.2) is 11.5 Å². The average molecular weight is 633 g/mol. The molecule has 0 aliphatic carbocycles. The van der Waals surface area contributed by atoms with E-state index in [1.807, 2.05) is 37.3 Å². The van der Waals surface area contributed by atoms with Crippen molar-refractivity contribution in [3.63, 3.8) is 0 Å². The summed E-state index contributed by atoms with van der Waals surface area (Å²) in [4.78, 5) is 12.7. The van der Waals surface area contributed by atoms with Crippen LogP contribution in [-0.2, 0) is 11.4 Å². The molecule has 0 aromatic heterocycles. The SMILES string of the molecule is CCOc1cccc(NC(=O)/C(C#N)=C\c2cc(OC)c(OCc3ccc(I)cc3)cc2Br)c1. The molecule has 0 aliphatic heterocycles. The van der Waals surface area contributed by atoms with Crippen molar-refractivity contribution in [1.82, 2.24) is 0 Å². The second-order valence-corrected chi connectivity index (χ2v) is 9.12. The van der Waals surface area contributed by atoms with Gasteiger partial charge in [0, 0.05) is 19.8 Å². The Balaban J connectivity index is 1.79. The maximum absolute atomic E-state index is 12.7. The molecule has 34 heavy (non-hydrogen) atoms. The first-order valence-corrected chi connectivity index (χ1v) is 12.2. The monoisotopic (exact) mass is 632 g/mol. The normalized spacial score (nSPS) is 10.9. The number of hydrogen-bond acceptors (Lipinski definition) is 5. The summed E-state index contributed by atoms with van der Waals surface area (Å²) in [6, 6.07) is 20.5. The average Bonchev–Trinajstić information content (AvgIpc) is 2.83. The Labute approximate surface area is 220 Å². The Hall–Kier alpha value is -3.03. The van der Waals surface area contributed by atoms with Gasteiger partial charge in [0.05, 0.1) is 13.7 Å². The Bertz CT molecular complexity index is 1240. The number of amides is 1. The molecule has 174 valence electrons. The molecule has 0 radical (unpaired) electrons. The summed E-state index contributed by atoms with van der Waals surface area (Å²) in [7, 11) is 1.54. The molecule has 3 aromatic rings. The smallest absolute Gasteiger partial charge is 0.266 e. The van der Waals surface area contributed by atoms with Crippen molar-refractivity contribution >= 4 is 56.2 Å². The van der Waals surface area contributed by atoms with E-state index in [4.69, 9.17) is 14.2 Å². The fourth-order valence-electron chi connectivity index (χ4n) is 3.01. The topological polar surface area (TPSA) is 80.6 Å². The van der Waals surface area contributed by atoms with Gasteiger partial charge < -0.3 is 19.5 Å². The molecule has 0 unspecified atom stereocenters. The Morgan fingerprint density at radius 2 is 1.88 bits per heavy atom. The zero-order valence-corrected chi connectivity index (χ0v) is 22.3. The molecule has 0 heterocycles. The van der Waals surface area contributed by atoms with Gasteiger partial charge in [0.1, 0.15) is 24.0 Å². The number of rotatable bonds is 9. The summed E-state index contributed by atoms with van der Waals surface area (Å²) >= 11 is 5.76. The van der Waals surface area contributed by atoms with E-state index in [-0.39, 0.29) is 5.57 Å². The van der Waals surface area contributed by atoms with E-state index in [0.29, 0.717) is 46.2 Å². The van der Waals surface area contributed by atoms with Crippen LogP contribution < -0.4 is 19.5 Å². The molecule has 8 heteroatoms. The number of carbonyl (C=O) groups excluding carboxylic acids is 1. The van der Waals surface area contributed by atoms with Gasteiger partial charge >= 0.3 is 0 Å². The van der Waals surface area contributed by atoms with Crippen molar-refractivity contribution in [2.45, 2.75) is 13.5 Å². The molecule has 1 N–H and O–H groups in total. The minimum atomic E-state index is -0.527. The summed E-state index contributed by atoms with van der Waals surface area (Å²) in [6.45, 7) is 2.77. The predicted octanol–water partition coefficient (Wildman–Crippen LogP) is 6.59. The minimum absolute atomic E-state index is 0.0582. The van der Waals surface area contributed by atoms with Crippen molar-refractivity contribution in [1.29, 1.82) is 5.26 Å². The van der Waals surface area contributed by atoms with Gasteiger partial charge in [-0.1, -0.05) is 34.1 Å². The summed E-state index contributed by atoms with van der Waals surface area (Å²) in [6.07, 6.45) is 1.50.